The zero-order valence-corrected chi connectivity index (χ0v) is 11.1. The summed E-state index contributed by atoms with van der Waals surface area (Å²) in [6, 6.07) is 5.65. The van der Waals surface area contributed by atoms with Crippen molar-refractivity contribution in [3.8, 4) is 0 Å². The number of nitrogens with one attached hydrogen (secondary N) is 1. The first-order valence-electron chi connectivity index (χ1n) is 5.84. The molecule has 0 saturated carbocycles. The Balaban J connectivity index is 2.00. The van der Waals surface area contributed by atoms with Crippen LogP contribution in [0.5, 0.6) is 0 Å². The Bertz CT molecular complexity index is 767. The lowest BCUT2D eigenvalue weighted by atomic mass is 10.4. The molecule has 110 valence electrons. The topological polar surface area (TPSA) is 55.4 Å². The smallest absolute Gasteiger partial charge is 0.433 e. The molecule has 0 unspecified atom stereocenters. The van der Waals surface area contributed by atoms with Gasteiger partial charge in [-0.3, -0.25) is 0 Å². The predicted molar refractivity (Wildman–Crippen MR) is 69.0 cm³/mol. The van der Waals surface area contributed by atoms with Crippen molar-refractivity contribution in [3.05, 3.63) is 47.3 Å². The molecule has 0 aromatic carbocycles. The molecule has 9 heteroatoms. The van der Waals surface area contributed by atoms with Crippen LogP contribution in [0.25, 0.3) is 5.52 Å². The van der Waals surface area contributed by atoms with Gasteiger partial charge in [0.1, 0.15) is 17.0 Å². The average molecular weight is 317 g/mol. The minimum absolute atomic E-state index is 0.179. The van der Waals surface area contributed by atoms with Crippen molar-refractivity contribution in [1.29, 1.82) is 0 Å². The Morgan fingerprint density at radius 3 is 2.76 bits per heavy atom. The molecule has 0 fully saturated rings. The molecule has 0 aliphatic rings. The van der Waals surface area contributed by atoms with E-state index in [4.69, 9.17) is 16.0 Å². The van der Waals surface area contributed by atoms with Crippen LogP contribution in [-0.2, 0) is 12.7 Å². The zero-order chi connectivity index (χ0) is 15.0. The van der Waals surface area contributed by atoms with Crippen LogP contribution in [-0.4, -0.2) is 14.6 Å². The molecular weight excluding hydrogens is 309 g/mol. The van der Waals surface area contributed by atoms with Crippen LogP contribution in [0.3, 0.4) is 0 Å². The van der Waals surface area contributed by atoms with Crippen LogP contribution in [0.15, 0.2) is 34.9 Å². The molecule has 3 rings (SSSR count). The maximum absolute atomic E-state index is 12.9. The molecule has 0 aliphatic carbocycles. The number of aromatic nitrogens is 3. The number of anilines is 1. The highest BCUT2D eigenvalue weighted by Crippen LogP contribution is 2.32. The van der Waals surface area contributed by atoms with Crippen molar-refractivity contribution in [2.45, 2.75) is 12.7 Å². The monoisotopic (exact) mass is 316 g/mol. The number of alkyl halides is 3. The van der Waals surface area contributed by atoms with Gasteiger partial charge in [0.05, 0.1) is 12.8 Å². The van der Waals surface area contributed by atoms with E-state index in [0.717, 1.165) is 10.6 Å². The molecule has 3 aromatic rings. The standard InChI is InChI=1S/C12H8ClF3N4O/c13-11-18-10(17-6-7-2-1-5-21-7)8-3-4-9(12(14,15)16)20(8)19-11/h1-5H,6H2,(H,17,18,19). The zero-order valence-electron chi connectivity index (χ0n) is 10.4. The van der Waals surface area contributed by atoms with Gasteiger partial charge in [-0.1, -0.05) is 0 Å². The molecule has 0 saturated heterocycles. The average Bonchev–Trinajstić information content (AvgIpc) is 3.03. The van der Waals surface area contributed by atoms with E-state index in [9.17, 15) is 13.2 Å². The van der Waals surface area contributed by atoms with Crippen molar-refractivity contribution in [2.24, 2.45) is 0 Å². The molecule has 0 aliphatic heterocycles. The van der Waals surface area contributed by atoms with Crippen molar-refractivity contribution in [3.63, 3.8) is 0 Å². The molecule has 0 bridgehead atoms. The molecule has 0 radical (unpaired) electrons. The number of nitrogens with zero attached hydrogens (tertiary/aromatic N) is 3. The van der Waals surface area contributed by atoms with Crippen LogP contribution in [0.2, 0.25) is 5.28 Å². The second-order valence-electron chi connectivity index (χ2n) is 4.18. The summed E-state index contributed by atoms with van der Waals surface area (Å²) >= 11 is 5.69. The van der Waals surface area contributed by atoms with Crippen LogP contribution in [0.4, 0.5) is 19.0 Å². The van der Waals surface area contributed by atoms with Gasteiger partial charge in [-0.05, 0) is 35.9 Å². The fourth-order valence-corrected chi connectivity index (χ4v) is 2.06. The first kappa shape index (κ1) is 13.7. The van der Waals surface area contributed by atoms with Gasteiger partial charge < -0.3 is 9.73 Å². The number of rotatable bonds is 3. The summed E-state index contributed by atoms with van der Waals surface area (Å²) in [6.45, 7) is 0.266. The number of halogens is 4. The fourth-order valence-electron chi connectivity index (χ4n) is 1.90. The van der Waals surface area contributed by atoms with Crippen molar-refractivity contribution < 1.29 is 17.6 Å². The van der Waals surface area contributed by atoms with Crippen LogP contribution < -0.4 is 5.32 Å². The third kappa shape index (κ3) is 2.66. The second kappa shape index (κ2) is 4.96. The molecule has 0 spiro atoms. The van der Waals surface area contributed by atoms with Gasteiger partial charge in [0, 0.05) is 0 Å². The minimum Gasteiger partial charge on any atom is -0.467 e. The SMILES string of the molecule is FC(F)(F)c1ccc2c(NCc3ccco3)nc(Cl)nn12. The fraction of sp³-hybridized carbons (Fsp3) is 0.167. The van der Waals surface area contributed by atoms with Crippen LogP contribution in [0, 0.1) is 0 Å². The second-order valence-corrected chi connectivity index (χ2v) is 4.51. The summed E-state index contributed by atoms with van der Waals surface area (Å²) in [5.41, 5.74) is -0.735. The maximum atomic E-state index is 12.9. The normalized spacial score (nSPS) is 12.0. The number of hydrogen-bond donors (Lipinski definition) is 1. The molecule has 0 atom stereocenters. The highest BCUT2D eigenvalue weighted by Gasteiger charge is 2.35. The quantitative estimate of drug-likeness (QED) is 0.802. The molecule has 21 heavy (non-hydrogen) atoms. The third-order valence-electron chi connectivity index (χ3n) is 2.79. The summed E-state index contributed by atoms with van der Waals surface area (Å²) in [4.78, 5) is 3.91. The highest BCUT2D eigenvalue weighted by molar-refractivity contribution is 6.28. The maximum Gasteiger partial charge on any atom is 0.433 e. The molecular formula is C12H8ClF3N4O. The molecule has 3 heterocycles. The lowest BCUT2D eigenvalue weighted by Gasteiger charge is -2.09. The van der Waals surface area contributed by atoms with Gasteiger partial charge >= 0.3 is 6.18 Å². The Kier molecular flexibility index (Phi) is 3.25. The Hall–Kier alpha value is -2.22. The lowest BCUT2D eigenvalue weighted by Crippen LogP contribution is -2.12. The molecule has 0 amide bonds. The van der Waals surface area contributed by atoms with E-state index in [1.807, 2.05) is 0 Å². The van der Waals surface area contributed by atoms with Gasteiger partial charge in [0.2, 0.25) is 5.28 Å². The van der Waals surface area contributed by atoms with E-state index in [1.165, 1.54) is 12.3 Å². The van der Waals surface area contributed by atoms with Crippen molar-refractivity contribution in [2.75, 3.05) is 5.32 Å². The van der Waals surface area contributed by atoms with E-state index in [1.54, 1.807) is 12.1 Å². The van der Waals surface area contributed by atoms with Gasteiger partial charge in [0.25, 0.3) is 0 Å². The Labute approximate surface area is 121 Å². The van der Waals surface area contributed by atoms with Crippen molar-refractivity contribution >= 4 is 22.9 Å². The van der Waals surface area contributed by atoms with Crippen molar-refractivity contribution in [1.82, 2.24) is 14.6 Å². The predicted octanol–water partition coefficient (Wildman–Crippen LogP) is 3.61. The van der Waals surface area contributed by atoms with Gasteiger partial charge in [-0.2, -0.15) is 18.2 Å². The number of furan rings is 1. The van der Waals surface area contributed by atoms with Gasteiger partial charge in [0.15, 0.2) is 5.82 Å². The first-order valence-corrected chi connectivity index (χ1v) is 6.21. The van der Waals surface area contributed by atoms with Crippen LogP contribution >= 0.6 is 11.6 Å². The largest absolute Gasteiger partial charge is 0.467 e. The number of hydrogen-bond acceptors (Lipinski definition) is 4. The summed E-state index contributed by atoms with van der Waals surface area (Å²) < 4.78 is 44.4. The summed E-state index contributed by atoms with van der Waals surface area (Å²) in [7, 11) is 0. The Morgan fingerprint density at radius 2 is 2.10 bits per heavy atom. The van der Waals surface area contributed by atoms with Gasteiger partial charge in [-0.15, -0.1) is 5.10 Å². The van der Waals surface area contributed by atoms with E-state index < -0.39 is 11.9 Å². The lowest BCUT2D eigenvalue weighted by molar-refractivity contribution is -0.142. The van der Waals surface area contributed by atoms with Crippen LogP contribution in [0.1, 0.15) is 11.5 Å². The molecule has 5 nitrogen and oxygen atoms in total. The summed E-state index contributed by atoms with van der Waals surface area (Å²) in [5.74, 6) is 0.812. The summed E-state index contributed by atoms with van der Waals surface area (Å²) in [5, 5.41) is 6.19. The van der Waals surface area contributed by atoms with E-state index in [2.05, 4.69) is 15.4 Å². The van der Waals surface area contributed by atoms with E-state index >= 15 is 0 Å². The van der Waals surface area contributed by atoms with Gasteiger partial charge in [-0.25, -0.2) is 4.52 Å². The highest BCUT2D eigenvalue weighted by atomic mass is 35.5. The third-order valence-corrected chi connectivity index (χ3v) is 2.95. The minimum atomic E-state index is -4.53. The molecule has 3 aromatic heterocycles. The Morgan fingerprint density at radius 1 is 1.29 bits per heavy atom. The first-order chi connectivity index (χ1) is 9.95. The van der Waals surface area contributed by atoms with E-state index in [0.29, 0.717) is 5.76 Å². The number of fused-ring (bicyclic) bond motifs is 1. The van der Waals surface area contributed by atoms with E-state index in [-0.39, 0.29) is 23.2 Å². The summed E-state index contributed by atoms with van der Waals surface area (Å²) in [6.07, 6.45) is -3.03. The molecule has 1 N–H and O–H groups in total.